The molecule has 0 bridgehead atoms. The summed E-state index contributed by atoms with van der Waals surface area (Å²) in [7, 11) is 0. The lowest BCUT2D eigenvalue weighted by atomic mass is 11.1. The summed E-state index contributed by atoms with van der Waals surface area (Å²) in [6.07, 6.45) is 0. The third-order valence-electron chi connectivity index (χ3n) is 0. The van der Waals surface area contributed by atoms with Crippen molar-refractivity contribution in [1.29, 1.82) is 0 Å². The zero-order valence-electron chi connectivity index (χ0n) is 2.10. The van der Waals surface area contributed by atoms with Gasteiger partial charge in [0.15, 0.2) is 0 Å². The minimum Gasteiger partial charge on any atom is -0.369 e. The van der Waals surface area contributed by atoms with Gasteiger partial charge in [-0.1, -0.05) is 0 Å². The van der Waals surface area contributed by atoms with E-state index >= 15 is 0 Å². The van der Waals surface area contributed by atoms with Gasteiger partial charge in [-0.2, -0.15) is 0 Å². The second-order valence-corrected chi connectivity index (χ2v) is 0.425. The summed E-state index contributed by atoms with van der Waals surface area (Å²) < 4.78 is 0. The van der Waals surface area contributed by atoms with Gasteiger partial charge in [-0.15, -0.1) is 5.41 Å². The molecule has 0 saturated carbocycles. The molecule has 0 atom stereocenters. The van der Waals surface area contributed by atoms with Crippen molar-refractivity contribution in [3.8, 4) is 0 Å². The first-order chi connectivity index (χ1) is 1.73. The van der Waals surface area contributed by atoms with Gasteiger partial charge in [0.1, 0.15) is 0 Å². The van der Waals surface area contributed by atoms with Crippen LogP contribution in [0.3, 0.4) is 0 Å². The fourth-order valence-electron chi connectivity index (χ4n) is 0. The van der Waals surface area contributed by atoms with Gasteiger partial charge >= 0.3 is 0 Å². The van der Waals surface area contributed by atoms with E-state index in [1.165, 1.54) is 0 Å². The van der Waals surface area contributed by atoms with E-state index < -0.39 is 5.96 Å². The SMILES string of the molecule is [N]=C(N)N. The van der Waals surface area contributed by atoms with E-state index in [4.69, 9.17) is 5.41 Å². The third-order valence-corrected chi connectivity index (χ3v) is 0. The lowest BCUT2D eigenvalue weighted by Gasteiger charge is -1.66. The van der Waals surface area contributed by atoms with Crippen LogP contribution in [0, 0.1) is 0 Å². The van der Waals surface area contributed by atoms with Crippen molar-refractivity contribution in [2.75, 3.05) is 0 Å². The Kier molecular flexibility index (Phi) is 0.581. The smallest absolute Gasteiger partial charge is 0.211 e. The van der Waals surface area contributed by atoms with Crippen LogP contribution in [0.25, 0.3) is 0 Å². The molecule has 0 aliphatic heterocycles. The van der Waals surface area contributed by atoms with Crippen LogP contribution >= 0.6 is 0 Å². The van der Waals surface area contributed by atoms with E-state index in [-0.39, 0.29) is 0 Å². The van der Waals surface area contributed by atoms with Crippen LogP contribution in [-0.4, -0.2) is 5.96 Å². The van der Waals surface area contributed by atoms with Crippen molar-refractivity contribution >= 4 is 5.96 Å². The lowest BCUT2D eigenvalue weighted by molar-refractivity contribution is 1.52. The van der Waals surface area contributed by atoms with Gasteiger partial charge in [0.25, 0.3) is 0 Å². The number of hydrogen-bond donors (Lipinski definition) is 2. The molecule has 0 aliphatic carbocycles. The summed E-state index contributed by atoms with van der Waals surface area (Å²) in [4.78, 5) is 0. The summed E-state index contributed by atoms with van der Waals surface area (Å²) in [6, 6.07) is 0. The van der Waals surface area contributed by atoms with Gasteiger partial charge < -0.3 is 11.5 Å². The van der Waals surface area contributed by atoms with Crippen molar-refractivity contribution in [2.45, 2.75) is 0 Å². The average Bonchev–Trinajstić information content (AvgIpc) is 0.811. The number of rotatable bonds is 0. The normalized spacial score (nSPS) is 6.00. The third kappa shape index (κ3) is 0.174. The number of nitrogens with two attached hydrogens (primary N) is 2. The van der Waals surface area contributed by atoms with Gasteiger partial charge in [0, 0.05) is 0 Å². The molecule has 0 aromatic rings. The van der Waals surface area contributed by atoms with Crippen LogP contribution < -0.4 is 16.9 Å². The van der Waals surface area contributed by atoms with Crippen LogP contribution in [0.15, 0.2) is 0 Å². The topological polar surface area (TPSA) is 74.3 Å². The minimum absolute atomic E-state index is 0.583. The molecule has 0 aromatic heterocycles. The molecule has 0 fully saturated rings. The molecule has 4 heavy (non-hydrogen) atoms. The molecule has 0 heterocycles. The zero-order chi connectivity index (χ0) is 3.58. The maximum atomic E-state index is 7.53. The molecule has 4 N–H and O–H groups in total. The van der Waals surface area contributed by atoms with Gasteiger partial charge in [0.2, 0.25) is 5.96 Å². The molecule has 0 rings (SSSR count). The highest BCUT2D eigenvalue weighted by Crippen LogP contribution is 1.03. The highest BCUT2D eigenvalue weighted by Gasteiger charge is 1.55. The Morgan fingerprint density at radius 1 is 1.50 bits per heavy atom. The summed E-state index contributed by atoms with van der Waals surface area (Å²) in [5.74, 6) is -0.583. The predicted octanol–water partition coefficient (Wildman–Crippen LogP) is -1.94. The van der Waals surface area contributed by atoms with Crippen LogP contribution in [0.2, 0.25) is 0 Å². The first kappa shape index (κ1) is 3.27. The molecule has 0 spiro atoms. The maximum Gasteiger partial charge on any atom is 0.211 e. The molecule has 3 heteroatoms. The minimum atomic E-state index is -0.583. The second kappa shape index (κ2) is 0.711. The van der Waals surface area contributed by atoms with E-state index in [1.54, 1.807) is 0 Å². The summed E-state index contributed by atoms with van der Waals surface area (Å²) in [5, 5.41) is 7.53. The number of nitrogens with zero attached hydrogens (tertiary/aromatic N) is 1. The summed E-state index contributed by atoms with van der Waals surface area (Å²) in [6.45, 7) is 0. The lowest BCUT2D eigenvalue weighted by Crippen LogP contribution is -2.22. The van der Waals surface area contributed by atoms with E-state index in [2.05, 4.69) is 11.5 Å². The molecule has 0 aliphatic rings. The first-order valence-corrected chi connectivity index (χ1v) is 0.801. The highest BCUT2D eigenvalue weighted by molar-refractivity contribution is 5.72. The van der Waals surface area contributed by atoms with Gasteiger partial charge in [-0.3, -0.25) is 0 Å². The van der Waals surface area contributed by atoms with Crippen LogP contribution in [-0.2, 0) is 0 Å². The molecule has 0 saturated heterocycles. The molecule has 1 radical (unpaired) electrons. The van der Waals surface area contributed by atoms with E-state index in [0.29, 0.717) is 0 Å². The fourth-order valence-corrected chi connectivity index (χ4v) is 0. The molecule has 3 nitrogen and oxygen atoms in total. The summed E-state index contributed by atoms with van der Waals surface area (Å²) in [5.41, 5.74) is 8.72. The second-order valence-electron chi connectivity index (χ2n) is 0.425. The Morgan fingerprint density at radius 3 is 1.50 bits per heavy atom. The van der Waals surface area contributed by atoms with Gasteiger partial charge in [0.05, 0.1) is 0 Å². The standard InChI is InChI=1S/CH4N3/c2-1(3)4/h2-3H2. The fraction of sp³-hybridized carbons (Fsp3) is 0. The van der Waals surface area contributed by atoms with Crippen molar-refractivity contribution in [1.82, 2.24) is 5.41 Å². The maximum absolute atomic E-state index is 7.53. The van der Waals surface area contributed by atoms with Gasteiger partial charge in [-0.05, 0) is 0 Å². The monoisotopic (exact) mass is 58.0 g/mol. The Labute approximate surface area is 24.1 Å². The predicted molar refractivity (Wildman–Crippen MR) is 15.5 cm³/mol. The largest absolute Gasteiger partial charge is 0.369 e. The zero-order valence-corrected chi connectivity index (χ0v) is 2.10. The Hall–Kier alpha value is -0.730. The highest BCUT2D eigenvalue weighted by atomic mass is 14.9. The molecule has 23 valence electrons. The van der Waals surface area contributed by atoms with E-state index in [9.17, 15) is 0 Å². The van der Waals surface area contributed by atoms with Crippen molar-refractivity contribution in [3.05, 3.63) is 0 Å². The molecule has 0 aromatic carbocycles. The Bertz CT molecular complexity index is 26.3. The van der Waals surface area contributed by atoms with Crippen molar-refractivity contribution < 1.29 is 0 Å². The van der Waals surface area contributed by atoms with Crippen molar-refractivity contribution in [2.24, 2.45) is 11.5 Å². The van der Waals surface area contributed by atoms with Crippen LogP contribution in [0.1, 0.15) is 0 Å². The van der Waals surface area contributed by atoms with Crippen molar-refractivity contribution in [3.63, 3.8) is 0 Å². The van der Waals surface area contributed by atoms with E-state index in [1.807, 2.05) is 0 Å². The quantitative estimate of drug-likeness (QED) is 0.251. The Balaban J connectivity index is 2.80. The molecular formula is CH4N3. The van der Waals surface area contributed by atoms with Crippen LogP contribution in [0.4, 0.5) is 0 Å². The van der Waals surface area contributed by atoms with E-state index in [0.717, 1.165) is 0 Å². The molecule has 0 unspecified atom stereocenters. The summed E-state index contributed by atoms with van der Waals surface area (Å²) >= 11 is 0. The first-order valence-electron chi connectivity index (χ1n) is 0.801. The Morgan fingerprint density at radius 2 is 1.50 bits per heavy atom. The van der Waals surface area contributed by atoms with Crippen LogP contribution in [0.5, 0.6) is 0 Å². The van der Waals surface area contributed by atoms with Gasteiger partial charge in [-0.25, -0.2) is 0 Å². The molecular weight excluding hydrogens is 54.0 g/mol. The average molecular weight is 58.1 g/mol. The number of guanidine groups is 1. The number of hydrogen-bond acceptors (Lipinski definition) is 0. The molecule has 0 amide bonds.